The van der Waals surface area contributed by atoms with Crippen LogP contribution < -0.4 is 10.0 Å². The lowest BCUT2D eigenvalue weighted by atomic mass is 9.80. The topological polar surface area (TPSA) is 101 Å². The molecule has 0 heterocycles. The predicted molar refractivity (Wildman–Crippen MR) is 89.0 cm³/mol. The van der Waals surface area contributed by atoms with E-state index in [4.69, 9.17) is 0 Å². The lowest BCUT2D eigenvalue weighted by Gasteiger charge is -2.29. The summed E-state index contributed by atoms with van der Waals surface area (Å²) in [6, 6.07) is 3.94. The predicted octanol–water partition coefficient (Wildman–Crippen LogP) is 2.74. The Kier molecular flexibility index (Phi) is 5.59. The first-order valence-electron chi connectivity index (χ1n) is 7.81. The highest BCUT2D eigenvalue weighted by atomic mass is 32.2. The molecular weight excluding hydrogens is 318 g/mol. The first-order chi connectivity index (χ1) is 10.8. The van der Waals surface area contributed by atoms with Gasteiger partial charge in [0.05, 0.1) is 9.82 Å². The molecule has 2 rings (SSSR count). The van der Waals surface area contributed by atoms with Crippen molar-refractivity contribution in [2.75, 3.05) is 18.9 Å². The Morgan fingerprint density at radius 1 is 1.30 bits per heavy atom. The molecule has 1 saturated carbocycles. The number of nitro benzene ring substituents is 1. The van der Waals surface area contributed by atoms with Crippen LogP contribution in [0.3, 0.4) is 0 Å². The number of hydrogen-bond acceptors (Lipinski definition) is 5. The Morgan fingerprint density at radius 2 is 2.00 bits per heavy atom. The number of nitrogens with zero attached hydrogens (tertiary/aromatic N) is 1. The Labute approximate surface area is 136 Å². The Morgan fingerprint density at radius 3 is 2.61 bits per heavy atom. The number of sulfonamides is 1. The Balaban J connectivity index is 2.20. The first-order valence-corrected chi connectivity index (χ1v) is 9.29. The molecule has 2 unspecified atom stereocenters. The minimum absolute atomic E-state index is 0.108. The molecule has 0 spiro atoms. The largest absolute Gasteiger partial charge is 0.379 e. The summed E-state index contributed by atoms with van der Waals surface area (Å²) in [6.45, 7) is 2.88. The van der Waals surface area contributed by atoms with E-state index in [1.54, 1.807) is 0 Å². The summed E-state index contributed by atoms with van der Waals surface area (Å²) in [5, 5.41) is 14.4. The number of benzene rings is 1. The first kappa shape index (κ1) is 17.7. The van der Waals surface area contributed by atoms with Gasteiger partial charge < -0.3 is 5.32 Å². The van der Waals surface area contributed by atoms with Gasteiger partial charge in [0.25, 0.3) is 5.69 Å². The molecule has 0 radical (unpaired) electrons. The van der Waals surface area contributed by atoms with Gasteiger partial charge in [-0.05, 0) is 37.4 Å². The number of nitro groups is 1. The zero-order chi connectivity index (χ0) is 17.0. The van der Waals surface area contributed by atoms with E-state index in [2.05, 4.69) is 17.0 Å². The molecule has 8 heteroatoms. The second-order valence-corrected chi connectivity index (χ2v) is 7.93. The summed E-state index contributed by atoms with van der Waals surface area (Å²) in [5.74, 6) is 1.09. The second kappa shape index (κ2) is 7.27. The number of rotatable bonds is 6. The minimum atomic E-state index is -3.70. The van der Waals surface area contributed by atoms with Crippen LogP contribution in [0.25, 0.3) is 0 Å². The van der Waals surface area contributed by atoms with Crippen molar-refractivity contribution in [1.82, 2.24) is 4.72 Å². The summed E-state index contributed by atoms with van der Waals surface area (Å²) in [7, 11) is -2.42. The standard InChI is InChI=1S/C15H23N3O4S/c1-11-5-3-4-6-12(11)10-17-14-8-7-13(23(21,22)16-2)9-15(14)18(19)20/h7-9,11-12,16-17H,3-6,10H2,1-2H3. The van der Waals surface area contributed by atoms with Crippen LogP contribution in [0, 0.1) is 22.0 Å². The second-order valence-electron chi connectivity index (χ2n) is 6.05. The molecule has 0 bridgehead atoms. The van der Waals surface area contributed by atoms with Gasteiger partial charge in [-0.15, -0.1) is 0 Å². The highest BCUT2D eigenvalue weighted by Crippen LogP contribution is 2.32. The fourth-order valence-electron chi connectivity index (χ4n) is 3.03. The maximum absolute atomic E-state index is 11.8. The third kappa shape index (κ3) is 4.20. The third-order valence-electron chi connectivity index (χ3n) is 4.59. The van der Waals surface area contributed by atoms with Crippen molar-refractivity contribution in [3.8, 4) is 0 Å². The summed E-state index contributed by atoms with van der Waals surface area (Å²) in [6.07, 6.45) is 4.74. The monoisotopic (exact) mass is 341 g/mol. The van der Waals surface area contributed by atoms with E-state index in [-0.39, 0.29) is 10.6 Å². The van der Waals surface area contributed by atoms with E-state index >= 15 is 0 Å². The molecule has 0 aliphatic heterocycles. The highest BCUT2D eigenvalue weighted by Gasteiger charge is 2.24. The Bertz CT molecular complexity index is 675. The molecule has 1 aliphatic carbocycles. The van der Waals surface area contributed by atoms with Crippen molar-refractivity contribution in [3.05, 3.63) is 28.3 Å². The van der Waals surface area contributed by atoms with E-state index in [1.165, 1.54) is 38.4 Å². The molecule has 1 aromatic rings. The summed E-state index contributed by atoms with van der Waals surface area (Å²) in [4.78, 5) is 10.6. The van der Waals surface area contributed by atoms with Crippen molar-refractivity contribution in [3.63, 3.8) is 0 Å². The van der Waals surface area contributed by atoms with E-state index in [0.717, 1.165) is 12.5 Å². The van der Waals surface area contributed by atoms with Crippen LogP contribution in [-0.4, -0.2) is 26.9 Å². The van der Waals surface area contributed by atoms with Gasteiger partial charge in [0.15, 0.2) is 0 Å². The van der Waals surface area contributed by atoms with Gasteiger partial charge >= 0.3 is 0 Å². The molecular formula is C15H23N3O4S. The van der Waals surface area contributed by atoms with Crippen LogP contribution in [-0.2, 0) is 10.0 Å². The van der Waals surface area contributed by atoms with Gasteiger partial charge in [-0.3, -0.25) is 10.1 Å². The van der Waals surface area contributed by atoms with Crippen molar-refractivity contribution in [2.24, 2.45) is 11.8 Å². The SMILES string of the molecule is CNS(=O)(=O)c1ccc(NCC2CCCCC2C)c([N+](=O)[O-])c1. The molecule has 23 heavy (non-hydrogen) atoms. The van der Waals surface area contributed by atoms with Crippen LogP contribution in [0.15, 0.2) is 23.1 Å². The van der Waals surface area contributed by atoms with Gasteiger partial charge in [0, 0.05) is 12.6 Å². The van der Waals surface area contributed by atoms with Crippen LogP contribution >= 0.6 is 0 Å². The smallest absolute Gasteiger partial charge is 0.293 e. The van der Waals surface area contributed by atoms with E-state index in [9.17, 15) is 18.5 Å². The van der Waals surface area contributed by atoms with E-state index in [1.807, 2.05) is 0 Å². The fourth-order valence-corrected chi connectivity index (χ4v) is 3.78. The molecule has 128 valence electrons. The van der Waals surface area contributed by atoms with E-state index < -0.39 is 14.9 Å². The van der Waals surface area contributed by atoms with Crippen molar-refractivity contribution >= 4 is 21.4 Å². The molecule has 7 nitrogen and oxygen atoms in total. The quantitative estimate of drug-likeness (QED) is 0.612. The highest BCUT2D eigenvalue weighted by molar-refractivity contribution is 7.89. The van der Waals surface area contributed by atoms with Crippen LogP contribution in [0.2, 0.25) is 0 Å². The summed E-state index contributed by atoms with van der Waals surface area (Å²) >= 11 is 0. The third-order valence-corrected chi connectivity index (χ3v) is 6.00. The van der Waals surface area contributed by atoms with Gasteiger partial charge in [-0.1, -0.05) is 26.2 Å². The van der Waals surface area contributed by atoms with Crippen molar-refractivity contribution < 1.29 is 13.3 Å². The lowest BCUT2D eigenvalue weighted by Crippen LogP contribution is -2.24. The van der Waals surface area contributed by atoms with Gasteiger partial charge in [0.2, 0.25) is 10.0 Å². The van der Waals surface area contributed by atoms with Crippen molar-refractivity contribution in [1.29, 1.82) is 0 Å². The average Bonchev–Trinajstić information content (AvgIpc) is 2.53. The van der Waals surface area contributed by atoms with E-state index in [0.29, 0.717) is 24.1 Å². The normalized spacial score (nSPS) is 21.8. The zero-order valence-electron chi connectivity index (χ0n) is 13.4. The molecule has 1 aliphatic rings. The number of anilines is 1. The number of hydrogen-bond donors (Lipinski definition) is 2. The van der Waals surface area contributed by atoms with Crippen LogP contribution in [0.5, 0.6) is 0 Å². The van der Waals surface area contributed by atoms with Crippen LogP contribution in [0.4, 0.5) is 11.4 Å². The molecule has 1 aromatic carbocycles. The maximum Gasteiger partial charge on any atom is 0.293 e. The molecule has 1 fully saturated rings. The maximum atomic E-state index is 11.8. The molecule has 2 atom stereocenters. The minimum Gasteiger partial charge on any atom is -0.379 e. The summed E-state index contributed by atoms with van der Waals surface area (Å²) in [5.41, 5.74) is 0.146. The fraction of sp³-hybridized carbons (Fsp3) is 0.600. The van der Waals surface area contributed by atoms with Gasteiger partial charge in [-0.2, -0.15) is 0 Å². The van der Waals surface area contributed by atoms with Crippen LogP contribution in [0.1, 0.15) is 32.6 Å². The number of nitrogens with one attached hydrogen (secondary N) is 2. The Hall–Kier alpha value is -1.67. The average molecular weight is 341 g/mol. The summed E-state index contributed by atoms with van der Waals surface area (Å²) < 4.78 is 25.7. The molecule has 0 aromatic heterocycles. The lowest BCUT2D eigenvalue weighted by molar-refractivity contribution is -0.384. The zero-order valence-corrected chi connectivity index (χ0v) is 14.2. The molecule has 0 amide bonds. The molecule has 0 saturated heterocycles. The molecule has 2 N–H and O–H groups in total. The van der Waals surface area contributed by atoms with Gasteiger partial charge in [0.1, 0.15) is 5.69 Å². The van der Waals surface area contributed by atoms with Crippen molar-refractivity contribution in [2.45, 2.75) is 37.5 Å². The van der Waals surface area contributed by atoms with Gasteiger partial charge in [-0.25, -0.2) is 13.1 Å².